The summed E-state index contributed by atoms with van der Waals surface area (Å²) in [4.78, 5) is 44.4. The first-order valence-electron chi connectivity index (χ1n) is 8.55. The predicted molar refractivity (Wildman–Crippen MR) is 95.1 cm³/mol. The second-order valence-corrected chi connectivity index (χ2v) is 6.91. The molecule has 0 spiro atoms. The van der Waals surface area contributed by atoms with Crippen molar-refractivity contribution in [2.24, 2.45) is 0 Å². The number of pyridine rings is 1. The average Bonchev–Trinajstić information content (AvgIpc) is 2.93. The number of rotatable bonds is 2. The third-order valence-corrected chi connectivity index (χ3v) is 5.29. The number of nitrogens with zero attached hydrogens (tertiary/aromatic N) is 3. The van der Waals surface area contributed by atoms with E-state index < -0.39 is 17.6 Å². The molecule has 1 aromatic carbocycles. The zero-order valence-corrected chi connectivity index (χ0v) is 14.9. The predicted octanol–water partition coefficient (Wildman–Crippen LogP) is 2.77. The van der Waals surface area contributed by atoms with E-state index in [9.17, 15) is 18.8 Å². The number of carbonyl (C=O) groups is 3. The van der Waals surface area contributed by atoms with Crippen LogP contribution in [0.3, 0.4) is 0 Å². The summed E-state index contributed by atoms with van der Waals surface area (Å²) in [6, 6.07) is 6.98. The van der Waals surface area contributed by atoms with Crippen LogP contribution in [0, 0.1) is 5.82 Å². The third kappa shape index (κ3) is 2.88. The smallest absolute Gasteiger partial charge is 0.280 e. The highest BCUT2D eigenvalue weighted by atomic mass is 35.5. The number of halogens is 2. The van der Waals surface area contributed by atoms with Gasteiger partial charge >= 0.3 is 0 Å². The number of piperidine rings is 1. The van der Waals surface area contributed by atoms with Gasteiger partial charge in [-0.1, -0.05) is 17.7 Å². The molecule has 0 saturated carbocycles. The minimum Gasteiger partial charge on any atom is -0.338 e. The van der Waals surface area contributed by atoms with E-state index in [1.165, 1.54) is 34.2 Å². The van der Waals surface area contributed by atoms with Gasteiger partial charge in [0, 0.05) is 25.3 Å². The summed E-state index contributed by atoms with van der Waals surface area (Å²) >= 11 is 5.97. The van der Waals surface area contributed by atoms with E-state index >= 15 is 0 Å². The van der Waals surface area contributed by atoms with Gasteiger partial charge in [0.15, 0.2) is 0 Å². The van der Waals surface area contributed by atoms with E-state index in [1.54, 1.807) is 12.1 Å². The van der Waals surface area contributed by atoms with Crippen molar-refractivity contribution in [3.8, 4) is 0 Å². The van der Waals surface area contributed by atoms with Crippen molar-refractivity contribution >= 4 is 29.3 Å². The number of amides is 3. The van der Waals surface area contributed by atoms with E-state index in [0.29, 0.717) is 31.5 Å². The quantitative estimate of drug-likeness (QED) is 0.743. The second kappa shape index (κ2) is 6.74. The maximum atomic E-state index is 14.0. The lowest BCUT2D eigenvalue weighted by Crippen LogP contribution is -2.48. The van der Waals surface area contributed by atoms with Gasteiger partial charge in [-0.3, -0.25) is 24.3 Å². The van der Waals surface area contributed by atoms with E-state index in [1.807, 2.05) is 0 Å². The fraction of sp³-hybridized carbons (Fsp3) is 0.263. The maximum absolute atomic E-state index is 14.0. The number of benzene rings is 1. The van der Waals surface area contributed by atoms with Crippen LogP contribution in [0.5, 0.6) is 0 Å². The molecule has 0 N–H and O–H groups in total. The van der Waals surface area contributed by atoms with Crippen molar-refractivity contribution in [2.45, 2.75) is 18.9 Å². The Bertz CT molecular complexity index is 902. The van der Waals surface area contributed by atoms with Gasteiger partial charge in [0.25, 0.3) is 17.7 Å². The standard InChI is InChI=1S/C19H15ClFN3O3/c20-13-4-1-5-14(21)15(13)18(26)23-9-6-11(7-10-23)24-17(25)12-3-2-8-22-16(12)19(24)27/h1-5,8,11H,6-7,9-10H2. The summed E-state index contributed by atoms with van der Waals surface area (Å²) in [6.07, 6.45) is 2.32. The number of carbonyl (C=O) groups excluding carboxylic acids is 3. The largest absolute Gasteiger partial charge is 0.338 e. The van der Waals surface area contributed by atoms with Crippen LogP contribution in [0.4, 0.5) is 4.39 Å². The Morgan fingerprint density at radius 1 is 1.11 bits per heavy atom. The number of fused-ring (bicyclic) bond motifs is 1. The van der Waals surface area contributed by atoms with Crippen LogP contribution in [0.2, 0.25) is 5.02 Å². The van der Waals surface area contributed by atoms with Gasteiger partial charge in [0.1, 0.15) is 11.5 Å². The molecular formula is C19H15ClFN3O3. The molecule has 138 valence electrons. The first kappa shape index (κ1) is 17.6. The molecule has 0 aliphatic carbocycles. The Hall–Kier alpha value is -2.80. The minimum absolute atomic E-state index is 0.0635. The number of aromatic nitrogens is 1. The van der Waals surface area contributed by atoms with E-state index in [2.05, 4.69) is 4.98 Å². The van der Waals surface area contributed by atoms with E-state index in [-0.39, 0.29) is 28.2 Å². The summed E-state index contributed by atoms with van der Waals surface area (Å²) in [5.41, 5.74) is 0.320. The fourth-order valence-corrected chi connectivity index (χ4v) is 3.85. The van der Waals surface area contributed by atoms with Crippen LogP contribution >= 0.6 is 11.6 Å². The minimum atomic E-state index is -0.666. The molecular weight excluding hydrogens is 373 g/mol. The Labute approximate surface area is 159 Å². The first-order valence-corrected chi connectivity index (χ1v) is 8.93. The molecule has 0 bridgehead atoms. The van der Waals surface area contributed by atoms with Gasteiger partial charge < -0.3 is 4.90 Å². The maximum Gasteiger partial charge on any atom is 0.280 e. The van der Waals surface area contributed by atoms with Crippen molar-refractivity contribution in [2.75, 3.05) is 13.1 Å². The van der Waals surface area contributed by atoms with E-state index in [0.717, 1.165) is 0 Å². The number of hydrogen-bond acceptors (Lipinski definition) is 4. The zero-order valence-electron chi connectivity index (χ0n) is 14.2. The highest BCUT2D eigenvalue weighted by Gasteiger charge is 2.42. The molecule has 1 fully saturated rings. The molecule has 0 atom stereocenters. The van der Waals surface area contributed by atoms with Crippen molar-refractivity contribution in [1.82, 2.24) is 14.8 Å². The van der Waals surface area contributed by atoms with Gasteiger partial charge in [-0.2, -0.15) is 0 Å². The van der Waals surface area contributed by atoms with Crippen molar-refractivity contribution in [3.05, 3.63) is 64.2 Å². The van der Waals surface area contributed by atoms with Crippen LogP contribution in [0.25, 0.3) is 0 Å². The molecule has 0 unspecified atom stereocenters. The SMILES string of the molecule is O=C(c1c(F)cccc1Cl)N1CCC(N2C(=O)c3cccnc3C2=O)CC1. The molecule has 2 aliphatic rings. The molecule has 3 amide bonds. The van der Waals surface area contributed by atoms with Gasteiger partial charge in [-0.15, -0.1) is 0 Å². The van der Waals surface area contributed by atoms with Crippen LogP contribution in [0.15, 0.2) is 36.5 Å². The topological polar surface area (TPSA) is 70.6 Å². The Kier molecular flexibility index (Phi) is 4.39. The Morgan fingerprint density at radius 3 is 2.52 bits per heavy atom. The number of likely N-dealkylation sites (tertiary alicyclic amines) is 1. The molecule has 8 heteroatoms. The molecule has 4 rings (SSSR count). The van der Waals surface area contributed by atoms with Crippen molar-refractivity contribution in [1.29, 1.82) is 0 Å². The molecule has 2 aromatic rings. The van der Waals surface area contributed by atoms with Crippen LogP contribution in [0.1, 0.15) is 44.0 Å². The van der Waals surface area contributed by atoms with Crippen LogP contribution in [-0.2, 0) is 0 Å². The fourth-order valence-electron chi connectivity index (χ4n) is 3.60. The molecule has 2 aliphatic heterocycles. The second-order valence-electron chi connectivity index (χ2n) is 6.50. The molecule has 1 saturated heterocycles. The van der Waals surface area contributed by atoms with Crippen LogP contribution in [-0.4, -0.2) is 51.6 Å². The van der Waals surface area contributed by atoms with Gasteiger partial charge in [-0.25, -0.2) is 4.39 Å². The number of hydrogen-bond donors (Lipinski definition) is 0. The summed E-state index contributed by atoms with van der Waals surface area (Å²) < 4.78 is 14.0. The highest BCUT2D eigenvalue weighted by molar-refractivity contribution is 6.33. The average molecular weight is 388 g/mol. The van der Waals surface area contributed by atoms with Gasteiger partial charge in [0.05, 0.1) is 16.1 Å². The Morgan fingerprint density at radius 2 is 1.85 bits per heavy atom. The van der Waals surface area contributed by atoms with E-state index in [4.69, 9.17) is 11.6 Å². The zero-order chi connectivity index (χ0) is 19.1. The first-order chi connectivity index (χ1) is 13.0. The lowest BCUT2D eigenvalue weighted by molar-refractivity contribution is 0.0476. The van der Waals surface area contributed by atoms with Gasteiger partial charge in [0.2, 0.25) is 0 Å². The summed E-state index contributed by atoms with van der Waals surface area (Å²) in [7, 11) is 0. The van der Waals surface area contributed by atoms with Gasteiger partial charge in [-0.05, 0) is 37.1 Å². The summed E-state index contributed by atoms with van der Waals surface area (Å²) in [5.74, 6) is -1.91. The molecule has 1 aromatic heterocycles. The molecule has 0 radical (unpaired) electrons. The summed E-state index contributed by atoms with van der Waals surface area (Å²) in [6.45, 7) is 0.601. The monoisotopic (exact) mass is 387 g/mol. The Balaban J connectivity index is 1.48. The molecule has 3 heterocycles. The highest BCUT2D eigenvalue weighted by Crippen LogP contribution is 2.28. The van der Waals surface area contributed by atoms with Crippen LogP contribution < -0.4 is 0 Å². The lowest BCUT2D eigenvalue weighted by Gasteiger charge is -2.35. The normalized spacial score (nSPS) is 17.4. The van der Waals surface area contributed by atoms with Crippen molar-refractivity contribution in [3.63, 3.8) is 0 Å². The summed E-state index contributed by atoms with van der Waals surface area (Å²) in [5, 5.41) is 0.0635. The number of imide groups is 1. The molecule has 6 nitrogen and oxygen atoms in total. The lowest BCUT2D eigenvalue weighted by atomic mass is 10.0. The third-order valence-electron chi connectivity index (χ3n) is 4.97. The van der Waals surface area contributed by atoms with Crippen molar-refractivity contribution < 1.29 is 18.8 Å². The molecule has 27 heavy (non-hydrogen) atoms.